The Balaban J connectivity index is 2.01. The highest BCUT2D eigenvalue weighted by Crippen LogP contribution is 2.26. The van der Waals surface area contributed by atoms with E-state index in [1.807, 2.05) is 4.90 Å². The van der Waals surface area contributed by atoms with Crippen LogP contribution >= 0.6 is 0 Å². The Morgan fingerprint density at radius 3 is 2.25 bits per heavy atom. The third-order valence-corrected chi connectivity index (χ3v) is 3.98. The molecule has 134 valence electrons. The number of hydrogen-bond acceptors (Lipinski definition) is 3. The van der Waals surface area contributed by atoms with Crippen molar-refractivity contribution in [2.24, 2.45) is 0 Å². The monoisotopic (exact) mass is 344 g/mol. The molecule has 0 unspecified atom stereocenters. The molecule has 0 aromatic heterocycles. The standard InChI is InChI=1S/C17H23F3N2O2/c1-11(13-9-12(18)10-14(19)15(13)20)21-5-7-22(8-6-21)16(23)24-17(2,3)4/h9-11H,5-8H2,1-4H3/t11-/m0/s1. The van der Waals surface area contributed by atoms with Gasteiger partial charge in [-0.05, 0) is 33.8 Å². The van der Waals surface area contributed by atoms with E-state index in [9.17, 15) is 18.0 Å². The molecule has 1 aromatic carbocycles. The summed E-state index contributed by atoms with van der Waals surface area (Å²) < 4.78 is 46.0. The molecule has 0 spiro atoms. The Labute approximate surface area is 140 Å². The van der Waals surface area contributed by atoms with Crippen molar-refractivity contribution in [2.75, 3.05) is 26.2 Å². The van der Waals surface area contributed by atoms with E-state index in [1.54, 1.807) is 32.6 Å². The lowest BCUT2D eigenvalue weighted by Crippen LogP contribution is -2.50. The third kappa shape index (κ3) is 4.41. The Bertz CT molecular complexity index is 609. The van der Waals surface area contributed by atoms with Gasteiger partial charge in [-0.3, -0.25) is 4.90 Å². The topological polar surface area (TPSA) is 32.8 Å². The molecule has 24 heavy (non-hydrogen) atoms. The first-order chi connectivity index (χ1) is 11.1. The number of benzene rings is 1. The molecule has 0 N–H and O–H groups in total. The smallest absolute Gasteiger partial charge is 0.410 e. The van der Waals surface area contributed by atoms with Crippen molar-refractivity contribution < 1.29 is 22.7 Å². The fourth-order valence-electron chi connectivity index (χ4n) is 2.69. The van der Waals surface area contributed by atoms with Crippen LogP contribution in [0.15, 0.2) is 12.1 Å². The van der Waals surface area contributed by atoms with Gasteiger partial charge < -0.3 is 9.64 Å². The number of piperazine rings is 1. The molecule has 0 radical (unpaired) electrons. The molecule has 1 aliphatic heterocycles. The summed E-state index contributed by atoms with van der Waals surface area (Å²) in [5, 5.41) is 0. The summed E-state index contributed by atoms with van der Waals surface area (Å²) in [5.74, 6) is -3.02. The van der Waals surface area contributed by atoms with Crippen LogP contribution in [-0.2, 0) is 4.74 Å². The van der Waals surface area contributed by atoms with Gasteiger partial charge in [0.1, 0.15) is 11.4 Å². The number of halogens is 3. The van der Waals surface area contributed by atoms with E-state index in [4.69, 9.17) is 4.74 Å². The van der Waals surface area contributed by atoms with Gasteiger partial charge in [0.15, 0.2) is 11.6 Å². The van der Waals surface area contributed by atoms with Gasteiger partial charge in [0, 0.05) is 43.9 Å². The van der Waals surface area contributed by atoms with Crippen molar-refractivity contribution in [3.8, 4) is 0 Å². The van der Waals surface area contributed by atoms with Crippen LogP contribution in [-0.4, -0.2) is 47.7 Å². The molecule has 0 aliphatic carbocycles. The van der Waals surface area contributed by atoms with Crippen LogP contribution < -0.4 is 0 Å². The van der Waals surface area contributed by atoms with Crippen LogP contribution in [0.3, 0.4) is 0 Å². The van der Waals surface area contributed by atoms with Gasteiger partial charge in [-0.2, -0.15) is 0 Å². The summed E-state index contributed by atoms with van der Waals surface area (Å²) in [6, 6.07) is 1.06. The first-order valence-corrected chi connectivity index (χ1v) is 7.95. The number of carbonyl (C=O) groups is 1. The summed E-state index contributed by atoms with van der Waals surface area (Å²) in [4.78, 5) is 15.5. The average Bonchev–Trinajstić information content (AvgIpc) is 2.48. The molecule has 1 atom stereocenters. The molecular formula is C17H23F3N2O2. The number of amides is 1. The fourth-order valence-corrected chi connectivity index (χ4v) is 2.69. The van der Waals surface area contributed by atoms with Gasteiger partial charge in [-0.25, -0.2) is 18.0 Å². The Morgan fingerprint density at radius 2 is 1.71 bits per heavy atom. The third-order valence-electron chi connectivity index (χ3n) is 3.98. The molecule has 4 nitrogen and oxygen atoms in total. The number of ether oxygens (including phenoxy) is 1. The first kappa shape index (κ1) is 18.6. The number of hydrogen-bond donors (Lipinski definition) is 0. The van der Waals surface area contributed by atoms with E-state index in [-0.39, 0.29) is 5.56 Å². The lowest BCUT2D eigenvalue weighted by atomic mass is 10.0. The molecule has 1 saturated heterocycles. The van der Waals surface area contributed by atoms with E-state index < -0.39 is 35.2 Å². The molecular weight excluding hydrogens is 321 g/mol. The molecule has 1 aliphatic rings. The Hall–Kier alpha value is -1.76. The van der Waals surface area contributed by atoms with Crippen LogP contribution in [0.4, 0.5) is 18.0 Å². The lowest BCUT2D eigenvalue weighted by molar-refractivity contribution is 0.0108. The van der Waals surface area contributed by atoms with Gasteiger partial charge in [-0.15, -0.1) is 0 Å². The second kappa shape index (κ2) is 7.01. The van der Waals surface area contributed by atoms with Crippen LogP contribution in [0, 0.1) is 17.5 Å². The molecule has 1 aromatic rings. The van der Waals surface area contributed by atoms with Crippen LogP contribution in [0.1, 0.15) is 39.3 Å². The molecule has 0 saturated carbocycles. The summed E-state index contributed by atoms with van der Waals surface area (Å²) in [6.07, 6.45) is -0.391. The highest BCUT2D eigenvalue weighted by atomic mass is 19.2. The normalized spacial score (nSPS) is 17.7. The van der Waals surface area contributed by atoms with Crippen molar-refractivity contribution >= 4 is 6.09 Å². The van der Waals surface area contributed by atoms with Crippen LogP contribution in [0.25, 0.3) is 0 Å². The van der Waals surface area contributed by atoms with Crippen molar-refractivity contribution in [3.63, 3.8) is 0 Å². The van der Waals surface area contributed by atoms with Gasteiger partial charge in [0.05, 0.1) is 0 Å². The highest BCUT2D eigenvalue weighted by Gasteiger charge is 2.29. The van der Waals surface area contributed by atoms with E-state index in [0.29, 0.717) is 32.2 Å². The summed E-state index contributed by atoms with van der Waals surface area (Å²) in [5.41, 5.74) is -0.581. The SMILES string of the molecule is C[C@@H](c1cc(F)cc(F)c1F)N1CCN(C(=O)OC(C)(C)C)CC1. The average molecular weight is 344 g/mol. The zero-order valence-corrected chi connectivity index (χ0v) is 14.4. The van der Waals surface area contributed by atoms with Gasteiger partial charge in [0.2, 0.25) is 0 Å². The Morgan fingerprint density at radius 1 is 1.12 bits per heavy atom. The van der Waals surface area contributed by atoms with E-state index in [0.717, 1.165) is 6.07 Å². The summed E-state index contributed by atoms with van der Waals surface area (Å²) in [7, 11) is 0. The molecule has 0 bridgehead atoms. The zero-order chi connectivity index (χ0) is 18.1. The number of nitrogens with zero attached hydrogens (tertiary/aromatic N) is 2. The van der Waals surface area contributed by atoms with Crippen molar-refractivity contribution in [1.82, 2.24) is 9.80 Å². The minimum atomic E-state index is -1.19. The number of carbonyl (C=O) groups excluding carboxylic acids is 1. The van der Waals surface area contributed by atoms with E-state index >= 15 is 0 Å². The van der Waals surface area contributed by atoms with E-state index in [1.165, 1.54) is 0 Å². The lowest BCUT2D eigenvalue weighted by Gasteiger charge is -2.38. The van der Waals surface area contributed by atoms with Gasteiger partial charge in [-0.1, -0.05) is 0 Å². The largest absolute Gasteiger partial charge is 0.444 e. The number of rotatable bonds is 2. The summed E-state index contributed by atoms with van der Waals surface area (Å²) in [6.45, 7) is 8.85. The molecule has 1 heterocycles. The first-order valence-electron chi connectivity index (χ1n) is 7.95. The minimum Gasteiger partial charge on any atom is -0.444 e. The van der Waals surface area contributed by atoms with Gasteiger partial charge in [0.25, 0.3) is 0 Å². The van der Waals surface area contributed by atoms with Crippen LogP contribution in [0.5, 0.6) is 0 Å². The van der Waals surface area contributed by atoms with Crippen molar-refractivity contribution in [2.45, 2.75) is 39.3 Å². The maximum atomic E-state index is 13.9. The molecule has 2 rings (SSSR count). The molecule has 7 heteroatoms. The highest BCUT2D eigenvalue weighted by molar-refractivity contribution is 5.68. The minimum absolute atomic E-state index is 0.0155. The molecule has 1 fully saturated rings. The Kier molecular flexibility index (Phi) is 5.42. The maximum absolute atomic E-state index is 13.9. The van der Waals surface area contributed by atoms with E-state index in [2.05, 4.69) is 0 Å². The summed E-state index contributed by atoms with van der Waals surface area (Å²) >= 11 is 0. The second-order valence-electron chi connectivity index (χ2n) is 6.97. The van der Waals surface area contributed by atoms with Crippen molar-refractivity contribution in [1.29, 1.82) is 0 Å². The quantitative estimate of drug-likeness (QED) is 0.767. The zero-order valence-electron chi connectivity index (χ0n) is 14.4. The van der Waals surface area contributed by atoms with Crippen LogP contribution in [0.2, 0.25) is 0 Å². The van der Waals surface area contributed by atoms with Gasteiger partial charge >= 0.3 is 6.09 Å². The molecule has 1 amide bonds. The van der Waals surface area contributed by atoms with Crippen molar-refractivity contribution in [3.05, 3.63) is 35.1 Å². The predicted molar refractivity (Wildman–Crippen MR) is 84.1 cm³/mol. The second-order valence-corrected chi connectivity index (χ2v) is 6.97. The fraction of sp³-hybridized carbons (Fsp3) is 0.588. The predicted octanol–water partition coefficient (Wildman–Crippen LogP) is 3.72. The maximum Gasteiger partial charge on any atom is 0.410 e.